The summed E-state index contributed by atoms with van der Waals surface area (Å²) in [5, 5.41) is 8.86. The zero-order chi connectivity index (χ0) is 15.0. The lowest BCUT2D eigenvalue weighted by atomic mass is 10.2. The fourth-order valence-corrected chi connectivity index (χ4v) is 1.75. The predicted octanol–water partition coefficient (Wildman–Crippen LogP) is 1.93. The standard InChI is InChI=1S/C14H19F2NO3/c1-2-12(20-11-6-4-3-5-7-11)14(19)17(8-9-18)10-13(15)16/h3-7,12-13,18H,2,8-10H2,1H3. The van der Waals surface area contributed by atoms with Crippen LogP contribution in [-0.4, -0.2) is 48.1 Å². The lowest BCUT2D eigenvalue weighted by Gasteiger charge is -2.26. The SMILES string of the molecule is CCC(Oc1ccccc1)C(=O)N(CCO)CC(F)F. The van der Waals surface area contributed by atoms with Gasteiger partial charge in [0.2, 0.25) is 0 Å². The molecule has 1 aromatic carbocycles. The first-order chi connectivity index (χ1) is 9.58. The van der Waals surface area contributed by atoms with Gasteiger partial charge in [-0.3, -0.25) is 4.79 Å². The Morgan fingerprint density at radius 2 is 2.00 bits per heavy atom. The zero-order valence-electron chi connectivity index (χ0n) is 11.3. The molecule has 112 valence electrons. The van der Waals surface area contributed by atoms with Crippen LogP contribution in [0.15, 0.2) is 30.3 Å². The summed E-state index contributed by atoms with van der Waals surface area (Å²) in [6.45, 7) is 0.553. The van der Waals surface area contributed by atoms with Gasteiger partial charge in [0, 0.05) is 6.54 Å². The summed E-state index contributed by atoms with van der Waals surface area (Å²) in [7, 11) is 0. The number of aliphatic hydroxyl groups is 1. The van der Waals surface area contributed by atoms with E-state index in [1.54, 1.807) is 31.2 Å². The van der Waals surface area contributed by atoms with Crippen molar-refractivity contribution >= 4 is 5.91 Å². The van der Waals surface area contributed by atoms with Crippen molar-refractivity contribution in [3.8, 4) is 5.75 Å². The van der Waals surface area contributed by atoms with Crippen molar-refractivity contribution < 1.29 is 23.4 Å². The van der Waals surface area contributed by atoms with Crippen LogP contribution in [0.1, 0.15) is 13.3 Å². The first kappa shape index (κ1) is 16.4. The van der Waals surface area contributed by atoms with E-state index in [1.807, 2.05) is 6.07 Å². The molecule has 0 radical (unpaired) electrons. The lowest BCUT2D eigenvalue weighted by molar-refractivity contribution is -0.141. The number of amides is 1. The first-order valence-electron chi connectivity index (χ1n) is 6.48. The van der Waals surface area contributed by atoms with Crippen molar-refractivity contribution in [1.29, 1.82) is 0 Å². The topological polar surface area (TPSA) is 49.8 Å². The maximum absolute atomic E-state index is 12.4. The van der Waals surface area contributed by atoms with Gasteiger partial charge < -0.3 is 14.7 Å². The highest BCUT2D eigenvalue weighted by atomic mass is 19.3. The molecule has 1 N–H and O–H groups in total. The van der Waals surface area contributed by atoms with Crippen molar-refractivity contribution in [3.05, 3.63) is 30.3 Å². The number of para-hydroxylation sites is 1. The second kappa shape index (κ2) is 8.47. The number of ether oxygens (including phenoxy) is 1. The highest BCUT2D eigenvalue weighted by Gasteiger charge is 2.26. The fourth-order valence-electron chi connectivity index (χ4n) is 1.75. The van der Waals surface area contributed by atoms with Gasteiger partial charge in [-0.15, -0.1) is 0 Å². The molecule has 1 aromatic rings. The molecular weight excluding hydrogens is 268 g/mol. The Balaban J connectivity index is 2.73. The Kier molecular flexibility index (Phi) is 6.93. The van der Waals surface area contributed by atoms with E-state index in [0.29, 0.717) is 12.2 Å². The molecule has 4 nitrogen and oxygen atoms in total. The molecule has 0 saturated carbocycles. The normalized spacial score (nSPS) is 12.2. The molecule has 0 aromatic heterocycles. The van der Waals surface area contributed by atoms with Gasteiger partial charge in [-0.1, -0.05) is 25.1 Å². The van der Waals surface area contributed by atoms with E-state index >= 15 is 0 Å². The number of hydrogen-bond donors (Lipinski definition) is 1. The number of halogens is 2. The summed E-state index contributed by atoms with van der Waals surface area (Å²) in [5.74, 6) is -0.0283. The molecule has 0 aliphatic heterocycles. The predicted molar refractivity (Wildman–Crippen MR) is 70.8 cm³/mol. The summed E-state index contributed by atoms with van der Waals surface area (Å²) in [4.78, 5) is 13.1. The minimum Gasteiger partial charge on any atom is -0.481 e. The molecule has 0 spiro atoms. The second-order valence-electron chi connectivity index (χ2n) is 4.23. The Morgan fingerprint density at radius 3 is 2.50 bits per heavy atom. The molecule has 1 amide bonds. The average Bonchev–Trinajstić information content (AvgIpc) is 2.44. The van der Waals surface area contributed by atoms with Crippen LogP contribution >= 0.6 is 0 Å². The Bertz CT molecular complexity index is 401. The monoisotopic (exact) mass is 287 g/mol. The third-order valence-corrected chi connectivity index (χ3v) is 2.71. The van der Waals surface area contributed by atoms with Crippen molar-refractivity contribution in [2.45, 2.75) is 25.9 Å². The van der Waals surface area contributed by atoms with Crippen molar-refractivity contribution in [2.24, 2.45) is 0 Å². The van der Waals surface area contributed by atoms with Gasteiger partial charge in [-0.2, -0.15) is 0 Å². The van der Waals surface area contributed by atoms with Crippen molar-refractivity contribution in [1.82, 2.24) is 4.90 Å². The summed E-state index contributed by atoms with van der Waals surface area (Å²) in [6.07, 6.45) is -3.11. The number of carbonyl (C=O) groups excluding carboxylic acids is 1. The van der Waals surface area contributed by atoms with Crippen LogP contribution in [0, 0.1) is 0 Å². The largest absolute Gasteiger partial charge is 0.481 e. The van der Waals surface area contributed by atoms with Gasteiger partial charge in [-0.05, 0) is 18.6 Å². The molecule has 0 heterocycles. The van der Waals surface area contributed by atoms with Crippen LogP contribution in [0.4, 0.5) is 8.78 Å². The van der Waals surface area contributed by atoms with Crippen LogP contribution < -0.4 is 4.74 Å². The molecule has 0 bridgehead atoms. The van der Waals surface area contributed by atoms with E-state index < -0.39 is 25.0 Å². The number of aliphatic hydroxyl groups excluding tert-OH is 1. The second-order valence-corrected chi connectivity index (χ2v) is 4.23. The average molecular weight is 287 g/mol. The summed E-state index contributed by atoms with van der Waals surface area (Å²) in [5.41, 5.74) is 0. The van der Waals surface area contributed by atoms with Crippen LogP contribution in [0.2, 0.25) is 0 Å². The van der Waals surface area contributed by atoms with Crippen LogP contribution in [0.5, 0.6) is 5.75 Å². The Morgan fingerprint density at radius 1 is 1.35 bits per heavy atom. The highest BCUT2D eigenvalue weighted by molar-refractivity contribution is 5.81. The molecule has 0 aliphatic carbocycles. The van der Waals surface area contributed by atoms with Gasteiger partial charge in [0.25, 0.3) is 12.3 Å². The minimum absolute atomic E-state index is 0.127. The molecule has 6 heteroatoms. The van der Waals surface area contributed by atoms with Gasteiger partial charge >= 0.3 is 0 Å². The van der Waals surface area contributed by atoms with Crippen molar-refractivity contribution in [2.75, 3.05) is 19.7 Å². The van der Waals surface area contributed by atoms with E-state index in [2.05, 4.69) is 0 Å². The van der Waals surface area contributed by atoms with Crippen molar-refractivity contribution in [3.63, 3.8) is 0 Å². The van der Waals surface area contributed by atoms with Crippen LogP contribution in [-0.2, 0) is 4.79 Å². The van der Waals surface area contributed by atoms with Crippen LogP contribution in [0.3, 0.4) is 0 Å². The van der Waals surface area contributed by atoms with E-state index in [1.165, 1.54) is 0 Å². The molecule has 0 fully saturated rings. The van der Waals surface area contributed by atoms with E-state index in [9.17, 15) is 13.6 Å². The summed E-state index contributed by atoms with van der Waals surface area (Å²) >= 11 is 0. The van der Waals surface area contributed by atoms with Gasteiger partial charge in [0.15, 0.2) is 6.10 Å². The van der Waals surface area contributed by atoms with Gasteiger partial charge in [0.05, 0.1) is 13.2 Å². The summed E-state index contributed by atoms with van der Waals surface area (Å²) in [6, 6.07) is 8.72. The van der Waals surface area contributed by atoms with E-state index in [0.717, 1.165) is 4.90 Å². The first-order valence-corrected chi connectivity index (χ1v) is 6.48. The zero-order valence-corrected chi connectivity index (χ0v) is 11.3. The number of hydrogen-bond acceptors (Lipinski definition) is 3. The van der Waals surface area contributed by atoms with E-state index in [4.69, 9.17) is 9.84 Å². The van der Waals surface area contributed by atoms with E-state index in [-0.39, 0.29) is 13.2 Å². The Hall–Kier alpha value is -1.69. The maximum Gasteiger partial charge on any atom is 0.263 e. The fraction of sp³-hybridized carbons (Fsp3) is 0.500. The molecule has 1 rings (SSSR count). The third kappa shape index (κ3) is 5.13. The maximum atomic E-state index is 12.4. The quantitative estimate of drug-likeness (QED) is 0.795. The number of nitrogens with zero attached hydrogens (tertiary/aromatic N) is 1. The number of carbonyl (C=O) groups is 1. The highest BCUT2D eigenvalue weighted by Crippen LogP contribution is 2.14. The lowest BCUT2D eigenvalue weighted by Crippen LogP contribution is -2.45. The van der Waals surface area contributed by atoms with Gasteiger partial charge in [0.1, 0.15) is 5.75 Å². The minimum atomic E-state index is -2.64. The Labute approximate surface area is 117 Å². The molecular formula is C14H19F2NO3. The molecule has 20 heavy (non-hydrogen) atoms. The number of benzene rings is 1. The third-order valence-electron chi connectivity index (χ3n) is 2.71. The molecule has 0 aliphatic rings. The van der Waals surface area contributed by atoms with Crippen LogP contribution in [0.25, 0.3) is 0 Å². The van der Waals surface area contributed by atoms with Gasteiger partial charge in [-0.25, -0.2) is 8.78 Å². The molecule has 0 saturated heterocycles. The number of rotatable bonds is 8. The summed E-state index contributed by atoms with van der Waals surface area (Å²) < 4.78 is 30.4. The molecule has 1 atom stereocenters. The smallest absolute Gasteiger partial charge is 0.263 e. The number of alkyl halides is 2. The molecule has 1 unspecified atom stereocenters.